The second-order valence-electron chi connectivity index (χ2n) is 7.48. The van der Waals surface area contributed by atoms with Gasteiger partial charge in [-0.05, 0) is 80.8 Å². The lowest BCUT2D eigenvalue weighted by molar-refractivity contribution is -0.144. The number of aromatic nitrogens is 1. The zero-order valence-corrected chi connectivity index (χ0v) is 19.5. The van der Waals surface area contributed by atoms with Gasteiger partial charge in [-0.15, -0.1) is 0 Å². The highest BCUT2D eigenvalue weighted by Crippen LogP contribution is 2.21. The third-order valence-corrected chi connectivity index (χ3v) is 6.75. The molecular formula is C23H31ClN2O4S. The number of rotatable bonds is 14. The number of hydrogen-bond acceptors (Lipinski definition) is 5. The van der Waals surface area contributed by atoms with Crippen LogP contribution in [0, 0.1) is 5.92 Å². The zero-order chi connectivity index (χ0) is 22.5. The van der Waals surface area contributed by atoms with Gasteiger partial charge in [-0.3, -0.25) is 9.78 Å². The summed E-state index contributed by atoms with van der Waals surface area (Å²) < 4.78 is 32.4. The molecule has 6 nitrogen and oxygen atoms in total. The molecule has 31 heavy (non-hydrogen) atoms. The molecule has 0 radical (unpaired) electrons. The van der Waals surface area contributed by atoms with Crippen LogP contribution in [0.5, 0.6) is 0 Å². The number of esters is 1. The third-order valence-electron chi connectivity index (χ3n) is 5.02. The van der Waals surface area contributed by atoms with E-state index < -0.39 is 10.0 Å². The number of nitrogens with one attached hydrogen (secondary N) is 1. The number of hydrogen-bond donors (Lipinski definition) is 1. The molecule has 2 aromatic rings. The molecule has 1 atom stereocenters. The number of carbonyl (C=O) groups excluding carboxylic acids is 1. The van der Waals surface area contributed by atoms with Gasteiger partial charge in [-0.2, -0.15) is 0 Å². The van der Waals surface area contributed by atoms with Crippen molar-refractivity contribution in [3.05, 3.63) is 59.4 Å². The second kappa shape index (κ2) is 13.5. The van der Waals surface area contributed by atoms with Crippen LogP contribution in [0.4, 0.5) is 0 Å². The van der Waals surface area contributed by atoms with Crippen LogP contribution in [0.3, 0.4) is 0 Å². The Bertz CT molecular complexity index is 890. The molecule has 1 heterocycles. The molecule has 1 aromatic heterocycles. The summed E-state index contributed by atoms with van der Waals surface area (Å²) in [5.41, 5.74) is 1.19. The number of benzene rings is 1. The van der Waals surface area contributed by atoms with E-state index in [4.69, 9.17) is 16.3 Å². The van der Waals surface area contributed by atoms with Crippen LogP contribution in [-0.4, -0.2) is 32.5 Å². The first-order valence-electron chi connectivity index (χ1n) is 10.7. The summed E-state index contributed by atoms with van der Waals surface area (Å²) in [4.78, 5) is 16.3. The quantitative estimate of drug-likeness (QED) is 0.320. The Balaban J connectivity index is 1.76. The van der Waals surface area contributed by atoms with E-state index in [9.17, 15) is 13.2 Å². The highest BCUT2D eigenvalue weighted by atomic mass is 35.5. The van der Waals surface area contributed by atoms with Crippen LogP contribution in [0.15, 0.2) is 53.7 Å². The molecule has 170 valence electrons. The first-order valence-corrected chi connectivity index (χ1v) is 12.6. The van der Waals surface area contributed by atoms with Crippen molar-refractivity contribution in [2.45, 2.75) is 56.8 Å². The average Bonchev–Trinajstić information content (AvgIpc) is 2.74. The van der Waals surface area contributed by atoms with Gasteiger partial charge in [0.2, 0.25) is 10.0 Å². The Morgan fingerprint density at radius 1 is 1.13 bits per heavy atom. The molecular weight excluding hydrogens is 436 g/mol. The van der Waals surface area contributed by atoms with Crippen molar-refractivity contribution in [1.29, 1.82) is 0 Å². The maximum absolute atomic E-state index is 12.3. The highest BCUT2D eigenvalue weighted by Gasteiger charge is 2.16. The Morgan fingerprint density at radius 2 is 1.87 bits per heavy atom. The van der Waals surface area contributed by atoms with Crippen LogP contribution in [0.2, 0.25) is 5.02 Å². The predicted molar refractivity (Wildman–Crippen MR) is 122 cm³/mol. The summed E-state index contributed by atoms with van der Waals surface area (Å²) in [6.45, 7) is 2.54. The van der Waals surface area contributed by atoms with E-state index in [1.54, 1.807) is 18.3 Å². The Kier molecular flexibility index (Phi) is 11.0. The monoisotopic (exact) mass is 466 g/mol. The van der Waals surface area contributed by atoms with Gasteiger partial charge in [-0.1, -0.05) is 24.1 Å². The summed E-state index contributed by atoms with van der Waals surface area (Å²) in [6, 6.07) is 10.1. The van der Waals surface area contributed by atoms with Gasteiger partial charge in [0, 0.05) is 30.4 Å². The van der Waals surface area contributed by atoms with E-state index in [0.717, 1.165) is 32.1 Å². The summed E-state index contributed by atoms with van der Waals surface area (Å²) >= 11 is 5.81. The maximum Gasteiger partial charge on any atom is 0.306 e. The Labute approximate surface area is 190 Å². The van der Waals surface area contributed by atoms with Crippen molar-refractivity contribution in [2.24, 2.45) is 5.92 Å². The molecule has 1 N–H and O–H groups in total. The molecule has 1 unspecified atom stereocenters. The summed E-state index contributed by atoms with van der Waals surface area (Å²) in [6.07, 6.45) is 9.24. The molecule has 8 heteroatoms. The molecule has 0 saturated heterocycles. The fourth-order valence-electron chi connectivity index (χ4n) is 3.41. The van der Waals surface area contributed by atoms with Crippen molar-refractivity contribution in [3.8, 4) is 0 Å². The lowest BCUT2D eigenvalue weighted by atomic mass is 9.92. The van der Waals surface area contributed by atoms with Crippen molar-refractivity contribution < 1.29 is 17.9 Å². The van der Waals surface area contributed by atoms with Gasteiger partial charge in [0.1, 0.15) is 0 Å². The lowest BCUT2D eigenvalue weighted by Gasteiger charge is -2.16. The Hall–Kier alpha value is -1.96. The van der Waals surface area contributed by atoms with Gasteiger partial charge in [0.25, 0.3) is 0 Å². The van der Waals surface area contributed by atoms with Crippen molar-refractivity contribution in [3.63, 3.8) is 0 Å². The first-order chi connectivity index (χ1) is 14.9. The molecule has 0 bridgehead atoms. The van der Waals surface area contributed by atoms with Crippen LogP contribution in [0.1, 0.15) is 51.0 Å². The minimum Gasteiger partial charge on any atom is -0.466 e. The van der Waals surface area contributed by atoms with Gasteiger partial charge < -0.3 is 4.74 Å². The second-order valence-corrected chi connectivity index (χ2v) is 9.68. The van der Waals surface area contributed by atoms with E-state index in [-0.39, 0.29) is 16.8 Å². The molecule has 0 amide bonds. The third kappa shape index (κ3) is 9.80. The number of aryl methyl sites for hydroxylation is 1. The first kappa shape index (κ1) is 25.3. The SMILES string of the molecule is CCOC(=O)CC(CCCCNS(=O)(=O)c1ccc(Cl)cc1)CCCc1cccnc1. The van der Waals surface area contributed by atoms with E-state index >= 15 is 0 Å². The van der Waals surface area contributed by atoms with E-state index in [1.165, 1.54) is 17.7 Å². The smallest absolute Gasteiger partial charge is 0.306 e. The van der Waals surface area contributed by atoms with E-state index in [0.29, 0.717) is 31.0 Å². The molecule has 0 fully saturated rings. The topological polar surface area (TPSA) is 85.4 Å². The fraction of sp³-hybridized carbons (Fsp3) is 0.478. The van der Waals surface area contributed by atoms with Crippen LogP contribution in [-0.2, 0) is 26.0 Å². The molecule has 0 spiro atoms. The summed E-state index contributed by atoms with van der Waals surface area (Å²) in [5, 5.41) is 0.495. The largest absolute Gasteiger partial charge is 0.466 e. The van der Waals surface area contributed by atoms with Crippen LogP contribution >= 0.6 is 11.6 Å². The predicted octanol–water partition coefficient (Wildman–Crippen LogP) is 4.78. The lowest BCUT2D eigenvalue weighted by Crippen LogP contribution is -2.24. The minimum absolute atomic E-state index is 0.169. The normalized spacial score (nSPS) is 12.5. The van der Waals surface area contributed by atoms with Crippen molar-refractivity contribution >= 4 is 27.6 Å². The van der Waals surface area contributed by atoms with E-state index in [1.807, 2.05) is 19.2 Å². The molecule has 0 aliphatic heterocycles. The summed E-state index contributed by atoms with van der Waals surface area (Å²) in [7, 11) is -3.54. The van der Waals surface area contributed by atoms with Gasteiger partial charge in [-0.25, -0.2) is 13.1 Å². The molecule has 0 saturated carbocycles. The number of sulfonamides is 1. The Morgan fingerprint density at radius 3 is 2.55 bits per heavy atom. The fourth-order valence-corrected chi connectivity index (χ4v) is 4.61. The van der Waals surface area contributed by atoms with Crippen LogP contribution in [0.25, 0.3) is 0 Å². The number of pyridine rings is 1. The minimum atomic E-state index is -3.54. The van der Waals surface area contributed by atoms with Crippen molar-refractivity contribution in [2.75, 3.05) is 13.2 Å². The standard InChI is InChI=1S/C23H31ClN2O4S/c1-2-30-23(27)17-19(8-5-9-20-10-6-15-25-18-20)7-3-4-16-26-31(28,29)22-13-11-21(24)12-14-22/h6,10-15,18-19,26H,2-5,7-9,16-17H2,1H3. The average molecular weight is 467 g/mol. The van der Waals surface area contributed by atoms with Gasteiger partial charge in [0.05, 0.1) is 11.5 Å². The van der Waals surface area contributed by atoms with Crippen LogP contribution < -0.4 is 4.72 Å². The molecule has 0 aliphatic carbocycles. The number of ether oxygens (including phenoxy) is 1. The summed E-state index contributed by atoms with van der Waals surface area (Å²) in [5.74, 6) is 0.0564. The van der Waals surface area contributed by atoms with E-state index in [2.05, 4.69) is 15.8 Å². The van der Waals surface area contributed by atoms with Crippen molar-refractivity contribution in [1.82, 2.24) is 9.71 Å². The molecule has 1 aromatic carbocycles. The molecule has 2 rings (SSSR count). The highest BCUT2D eigenvalue weighted by molar-refractivity contribution is 7.89. The van der Waals surface area contributed by atoms with Gasteiger partial charge >= 0.3 is 5.97 Å². The number of halogens is 1. The number of nitrogens with zero attached hydrogens (tertiary/aromatic N) is 1. The zero-order valence-electron chi connectivity index (χ0n) is 17.9. The van der Waals surface area contributed by atoms with Gasteiger partial charge in [0.15, 0.2) is 0 Å². The number of carbonyl (C=O) groups is 1. The molecule has 0 aliphatic rings. The number of unbranched alkanes of at least 4 members (excludes halogenated alkanes) is 1. The maximum atomic E-state index is 12.3.